The van der Waals surface area contributed by atoms with E-state index in [2.05, 4.69) is 5.32 Å². The van der Waals surface area contributed by atoms with Gasteiger partial charge in [0.1, 0.15) is 11.8 Å². The van der Waals surface area contributed by atoms with E-state index in [0.29, 0.717) is 24.2 Å². The van der Waals surface area contributed by atoms with Gasteiger partial charge in [0.05, 0.1) is 12.7 Å². The van der Waals surface area contributed by atoms with Crippen molar-refractivity contribution in [1.29, 1.82) is 0 Å². The van der Waals surface area contributed by atoms with Crippen LogP contribution in [0.5, 0.6) is 5.75 Å². The molecule has 1 amide bonds. The Kier molecular flexibility index (Phi) is 6.07. The van der Waals surface area contributed by atoms with Crippen LogP contribution in [0, 0.1) is 3.57 Å². The zero-order valence-electron chi connectivity index (χ0n) is 10.8. The summed E-state index contributed by atoms with van der Waals surface area (Å²) < 4.78 is 5.77. The number of halogens is 1. The lowest BCUT2D eigenvalue weighted by Crippen LogP contribution is -2.40. The maximum absolute atomic E-state index is 12.0. The first-order valence-corrected chi connectivity index (χ1v) is 6.94. The molecular weight excluding hydrogens is 361 g/mol. The number of benzene rings is 1. The van der Waals surface area contributed by atoms with E-state index < -0.39 is 12.0 Å². The topological polar surface area (TPSA) is 75.6 Å². The average molecular weight is 377 g/mol. The molecule has 2 N–H and O–H groups in total. The van der Waals surface area contributed by atoms with E-state index in [9.17, 15) is 9.59 Å². The number of rotatable bonds is 6. The molecule has 0 aliphatic heterocycles. The van der Waals surface area contributed by atoms with Crippen LogP contribution in [0.4, 0.5) is 0 Å². The van der Waals surface area contributed by atoms with Crippen LogP contribution in [0.1, 0.15) is 30.1 Å². The molecule has 0 fully saturated rings. The highest BCUT2D eigenvalue weighted by Crippen LogP contribution is 2.19. The molecule has 0 saturated heterocycles. The second-order valence-corrected chi connectivity index (χ2v) is 5.16. The first-order valence-electron chi connectivity index (χ1n) is 5.86. The van der Waals surface area contributed by atoms with Crippen LogP contribution >= 0.6 is 22.6 Å². The van der Waals surface area contributed by atoms with Crippen LogP contribution in [-0.2, 0) is 4.79 Å². The third kappa shape index (κ3) is 4.38. The molecule has 1 atom stereocenters. The predicted octanol–water partition coefficient (Wildman–Crippen LogP) is 2.28. The number of carbonyl (C=O) groups is 2. The predicted molar refractivity (Wildman–Crippen MR) is 79.5 cm³/mol. The highest BCUT2D eigenvalue weighted by Gasteiger charge is 2.20. The van der Waals surface area contributed by atoms with E-state index in [-0.39, 0.29) is 5.91 Å². The Bertz CT molecular complexity index is 476. The summed E-state index contributed by atoms with van der Waals surface area (Å²) in [6.07, 6.45) is 1.10. The Morgan fingerprint density at radius 2 is 2.16 bits per heavy atom. The van der Waals surface area contributed by atoms with Crippen molar-refractivity contribution in [3.8, 4) is 5.75 Å². The van der Waals surface area contributed by atoms with Crippen LogP contribution in [0.3, 0.4) is 0 Å². The molecule has 0 radical (unpaired) electrons. The Morgan fingerprint density at radius 3 is 2.63 bits per heavy atom. The quantitative estimate of drug-likeness (QED) is 0.746. The smallest absolute Gasteiger partial charge is 0.326 e. The van der Waals surface area contributed by atoms with Gasteiger partial charge in [0.25, 0.3) is 5.91 Å². The average Bonchev–Trinajstić information content (AvgIpc) is 2.37. The van der Waals surface area contributed by atoms with Gasteiger partial charge >= 0.3 is 5.97 Å². The molecule has 0 bridgehead atoms. The number of carboxylic acid groups (broad SMARTS) is 1. The molecule has 1 unspecified atom stereocenters. The van der Waals surface area contributed by atoms with Gasteiger partial charge in [-0.1, -0.05) is 13.3 Å². The van der Waals surface area contributed by atoms with Gasteiger partial charge in [-0.25, -0.2) is 4.79 Å². The number of hydrogen-bond donors (Lipinski definition) is 2. The first kappa shape index (κ1) is 15.7. The minimum Gasteiger partial charge on any atom is -0.497 e. The summed E-state index contributed by atoms with van der Waals surface area (Å²) in [5.74, 6) is -0.740. The molecule has 0 saturated carbocycles. The van der Waals surface area contributed by atoms with Gasteiger partial charge in [0.15, 0.2) is 0 Å². The Balaban J connectivity index is 2.85. The van der Waals surface area contributed by atoms with E-state index in [1.54, 1.807) is 25.3 Å². The summed E-state index contributed by atoms with van der Waals surface area (Å²) in [4.78, 5) is 23.0. The molecular formula is C13H16INO4. The third-order valence-corrected chi connectivity index (χ3v) is 3.49. The molecule has 5 nitrogen and oxygen atoms in total. The van der Waals surface area contributed by atoms with Crippen LogP contribution < -0.4 is 10.1 Å². The number of nitrogens with one attached hydrogen (secondary N) is 1. The molecule has 0 spiro atoms. The van der Waals surface area contributed by atoms with Gasteiger partial charge in [-0.05, 0) is 47.2 Å². The van der Waals surface area contributed by atoms with Crippen molar-refractivity contribution in [2.24, 2.45) is 0 Å². The number of methoxy groups -OCH3 is 1. The zero-order valence-corrected chi connectivity index (χ0v) is 12.9. The Labute approximate surface area is 125 Å². The maximum atomic E-state index is 12.0. The molecule has 104 valence electrons. The van der Waals surface area contributed by atoms with Gasteiger partial charge in [0.2, 0.25) is 0 Å². The number of amides is 1. The number of aliphatic carboxylic acids is 1. The lowest BCUT2D eigenvalue weighted by molar-refractivity contribution is -0.139. The second kappa shape index (κ2) is 7.32. The minimum atomic E-state index is -1.02. The van der Waals surface area contributed by atoms with Crippen LogP contribution in [0.25, 0.3) is 0 Å². The number of hydrogen-bond acceptors (Lipinski definition) is 3. The highest BCUT2D eigenvalue weighted by atomic mass is 127. The van der Waals surface area contributed by atoms with Crippen molar-refractivity contribution in [2.45, 2.75) is 25.8 Å². The molecule has 0 aliphatic carbocycles. The van der Waals surface area contributed by atoms with Crippen molar-refractivity contribution >= 4 is 34.5 Å². The molecule has 1 rings (SSSR count). The first-order chi connectivity index (χ1) is 8.99. The summed E-state index contributed by atoms with van der Waals surface area (Å²) in [7, 11) is 1.55. The molecule has 1 aromatic carbocycles. The monoisotopic (exact) mass is 377 g/mol. The van der Waals surface area contributed by atoms with E-state index >= 15 is 0 Å². The minimum absolute atomic E-state index is 0.382. The van der Waals surface area contributed by atoms with Crippen LogP contribution in [0.2, 0.25) is 0 Å². The van der Waals surface area contributed by atoms with Gasteiger partial charge < -0.3 is 15.2 Å². The fourth-order valence-electron chi connectivity index (χ4n) is 1.59. The summed E-state index contributed by atoms with van der Waals surface area (Å²) in [6, 6.07) is 4.17. The van der Waals surface area contributed by atoms with E-state index in [1.807, 2.05) is 29.5 Å². The molecule has 0 aliphatic rings. The molecule has 0 aromatic heterocycles. The van der Waals surface area contributed by atoms with Gasteiger partial charge in [-0.15, -0.1) is 0 Å². The standard InChI is InChI=1S/C13H16INO4/c1-3-4-11(13(17)18)15-12(16)9-6-5-8(19-2)7-10(9)14/h5-7,11H,3-4H2,1-2H3,(H,15,16)(H,17,18). The normalized spacial score (nSPS) is 11.7. The molecule has 0 heterocycles. The van der Waals surface area contributed by atoms with Crippen molar-refractivity contribution in [3.05, 3.63) is 27.3 Å². The second-order valence-electron chi connectivity index (χ2n) is 4.00. The fraction of sp³-hybridized carbons (Fsp3) is 0.385. The third-order valence-electron chi connectivity index (χ3n) is 2.60. The SMILES string of the molecule is CCCC(NC(=O)c1ccc(OC)cc1I)C(=O)O. The van der Waals surface area contributed by atoms with Gasteiger partial charge in [-0.2, -0.15) is 0 Å². The summed E-state index contributed by atoms with van der Waals surface area (Å²) >= 11 is 2.02. The number of carbonyl (C=O) groups excluding carboxylic acids is 1. The van der Waals surface area contributed by atoms with Crippen molar-refractivity contribution in [1.82, 2.24) is 5.32 Å². The maximum Gasteiger partial charge on any atom is 0.326 e. The molecule has 1 aromatic rings. The molecule has 6 heteroatoms. The van der Waals surface area contributed by atoms with Gasteiger partial charge in [-0.3, -0.25) is 4.79 Å². The van der Waals surface area contributed by atoms with Crippen LogP contribution in [-0.4, -0.2) is 30.1 Å². The highest BCUT2D eigenvalue weighted by molar-refractivity contribution is 14.1. The summed E-state index contributed by atoms with van der Waals surface area (Å²) in [6.45, 7) is 1.87. The number of carboxylic acids is 1. The summed E-state index contributed by atoms with van der Waals surface area (Å²) in [5.41, 5.74) is 0.448. The largest absolute Gasteiger partial charge is 0.497 e. The van der Waals surface area contributed by atoms with Gasteiger partial charge in [0, 0.05) is 3.57 Å². The van der Waals surface area contributed by atoms with E-state index in [1.165, 1.54) is 0 Å². The van der Waals surface area contributed by atoms with Crippen molar-refractivity contribution in [3.63, 3.8) is 0 Å². The lowest BCUT2D eigenvalue weighted by atomic mass is 10.1. The lowest BCUT2D eigenvalue weighted by Gasteiger charge is -2.14. The van der Waals surface area contributed by atoms with Crippen molar-refractivity contribution < 1.29 is 19.4 Å². The summed E-state index contributed by atoms with van der Waals surface area (Å²) in [5, 5.41) is 11.5. The van der Waals surface area contributed by atoms with E-state index in [0.717, 1.165) is 3.57 Å². The van der Waals surface area contributed by atoms with E-state index in [4.69, 9.17) is 9.84 Å². The van der Waals surface area contributed by atoms with Crippen LogP contribution in [0.15, 0.2) is 18.2 Å². The molecule has 19 heavy (non-hydrogen) atoms. The Hall–Kier alpha value is -1.31. The number of ether oxygens (including phenoxy) is 1. The fourth-order valence-corrected chi connectivity index (χ4v) is 2.32. The zero-order chi connectivity index (χ0) is 14.4. The Morgan fingerprint density at radius 1 is 1.47 bits per heavy atom. The van der Waals surface area contributed by atoms with Crippen molar-refractivity contribution in [2.75, 3.05) is 7.11 Å².